The first-order valence-corrected chi connectivity index (χ1v) is 7.13. The van der Waals surface area contributed by atoms with Gasteiger partial charge in [-0.3, -0.25) is 4.79 Å². The third-order valence-electron chi connectivity index (χ3n) is 2.64. The zero-order chi connectivity index (χ0) is 11.4. The molecule has 2 nitrogen and oxygen atoms in total. The lowest BCUT2D eigenvalue weighted by Gasteiger charge is -2.24. The standard InChI is InChI=1S/C12H14BrNOS/c13-10-8-12(16-9-10)11(15)4-7-14-5-2-1-3-6-14/h4,7-9H,1-3,5-6H2. The van der Waals surface area contributed by atoms with Crippen LogP contribution in [0.1, 0.15) is 28.9 Å². The lowest BCUT2D eigenvalue weighted by Crippen LogP contribution is -2.24. The van der Waals surface area contributed by atoms with Crippen LogP contribution in [0.4, 0.5) is 0 Å². The summed E-state index contributed by atoms with van der Waals surface area (Å²) < 4.78 is 0.979. The van der Waals surface area contributed by atoms with Crippen molar-refractivity contribution in [3.05, 3.63) is 33.1 Å². The van der Waals surface area contributed by atoms with E-state index in [2.05, 4.69) is 20.8 Å². The Kier molecular flexibility index (Phi) is 4.18. The predicted octanol–water partition coefficient (Wildman–Crippen LogP) is 3.69. The van der Waals surface area contributed by atoms with E-state index in [0.717, 1.165) is 22.4 Å². The van der Waals surface area contributed by atoms with Gasteiger partial charge in [0, 0.05) is 35.2 Å². The lowest BCUT2D eigenvalue weighted by atomic mass is 10.1. The van der Waals surface area contributed by atoms with E-state index in [9.17, 15) is 4.79 Å². The second-order valence-electron chi connectivity index (χ2n) is 3.91. The minimum absolute atomic E-state index is 0.0984. The van der Waals surface area contributed by atoms with Gasteiger partial charge in [0.15, 0.2) is 5.78 Å². The Bertz CT molecular complexity index is 393. The van der Waals surface area contributed by atoms with Crippen molar-refractivity contribution in [3.8, 4) is 0 Å². The number of hydrogen-bond acceptors (Lipinski definition) is 3. The Morgan fingerprint density at radius 2 is 2.12 bits per heavy atom. The van der Waals surface area contributed by atoms with Gasteiger partial charge in [0.1, 0.15) is 0 Å². The summed E-state index contributed by atoms with van der Waals surface area (Å²) in [6, 6.07) is 1.87. The number of likely N-dealkylation sites (tertiary alicyclic amines) is 1. The topological polar surface area (TPSA) is 20.3 Å². The third kappa shape index (κ3) is 3.19. The molecule has 1 aliphatic rings. The first kappa shape index (κ1) is 11.9. The van der Waals surface area contributed by atoms with E-state index in [-0.39, 0.29) is 5.78 Å². The summed E-state index contributed by atoms with van der Waals surface area (Å²) in [4.78, 5) is 14.8. The average Bonchev–Trinajstić information content (AvgIpc) is 2.74. The zero-order valence-electron chi connectivity index (χ0n) is 8.99. The molecule has 2 rings (SSSR count). The highest BCUT2D eigenvalue weighted by atomic mass is 79.9. The Hall–Kier alpha value is -0.610. The van der Waals surface area contributed by atoms with Crippen LogP contribution in [0.3, 0.4) is 0 Å². The molecule has 0 aliphatic carbocycles. The molecular weight excluding hydrogens is 286 g/mol. The van der Waals surface area contributed by atoms with E-state index in [1.54, 1.807) is 6.08 Å². The van der Waals surface area contributed by atoms with Crippen molar-refractivity contribution in [2.24, 2.45) is 0 Å². The van der Waals surface area contributed by atoms with Gasteiger partial charge >= 0.3 is 0 Å². The fourth-order valence-electron chi connectivity index (χ4n) is 1.76. The van der Waals surface area contributed by atoms with Crippen molar-refractivity contribution in [2.45, 2.75) is 19.3 Å². The molecule has 86 valence electrons. The van der Waals surface area contributed by atoms with Crippen LogP contribution in [0.2, 0.25) is 0 Å². The number of allylic oxidation sites excluding steroid dienone is 1. The Morgan fingerprint density at radius 1 is 1.38 bits per heavy atom. The number of piperidine rings is 1. The third-order valence-corrected chi connectivity index (χ3v) is 4.34. The monoisotopic (exact) mass is 299 g/mol. The highest BCUT2D eigenvalue weighted by Crippen LogP contribution is 2.20. The van der Waals surface area contributed by atoms with Crippen LogP contribution >= 0.6 is 27.3 Å². The van der Waals surface area contributed by atoms with Crippen LogP contribution < -0.4 is 0 Å². The summed E-state index contributed by atoms with van der Waals surface area (Å²) in [5.74, 6) is 0.0984. The minimum atomic E-state index is 0.0984. The fourth-order valence-corrected chi connectivity index (χ4v) is 3.11. The highest BCUT2D eigenvalue weighted by molar-refractivity contribution is 9.10. The quantitative estimate of drug-likeness (QED) is 0.627. The maximum absolute atomic E-state index is 11.8. The first-order chi connectivity index (χ1) is 7.75. The van der Waals surface area contributed by atoms with Crippen molar-refractivity contribution in [2.75, 3.05) is 13.1 Å². The SMILES string of the molecule is O=C(C=CN1CCCCC1)c1cc(Br)cs1. The van der Waals surface area contributed by atoms with Crippen LogP contribution in [-0.2, 0) is 0 Å². The smallest absolute Gasteiger partial charge is 0.197 e. The highest BCUT2D eigenvalue weighted by Gasteiger charge is 2.08. The molecule has 0 unspecified atom stereocenters. The van der Waals surface area contributed by atoms with Crippen molar-refractivity contribution < 1.29 is 4.79 Å². The molecule has 1 aromatic rings. The zero-order valence-corrected chi connectivity index (χ0v) is 11.4. The van der Waals surface area contributed by atoms with Gasteiger partial charge in [-0.1, -0.05) is 0 Å². The number of thiophene rings is 1. The summed E-state index contributed by atoms with van der Waals surface area (Å²) >= 11 is 4.83. The normalized spacial score (nSPS) is 16.9. The van der Waals surface area contributed by atoms with E-state index in [1.807, 2.05) is 17.6 Å². The molecule has 0 N–H and O–H groups in total. The molecule has 1 fully saturated rings. The van der Waals surface area contributed by atoms with Crippen molar-refractivity contribution >= 4 is 33.0 Å². The fraction of sp³-hybridized carbons (Fsp3) is 0.417. The first-order valence-electron chi connectivity index (χ1n) is 5.46. The van der Waals surface area contributed by atoms with Crippen LogP contribution in [-0.4, -0.2) is 23.8 Å². The molecule has 1 saturated heterocycles. The minimum Gasteiger partial charge on any atom is -0.377 e. The molecule has 0 aromatic carbocycles. The van der Waals surface area contributed by atoms with E-state index >= 15 is 0 Å². The van der Waals surface area contributed by atoms with Gasteiger partial charge in [0.2, 0.25) is 0 Å². The van der Waals surface area contributed by atoms with E-state index in [4.69, 9.17) is 0 Å². The maximum Gasteiger partial charge on any atom is 0.197 e. The van der Waals surface area contributed by atoms with E-state index < -0.39 is 0 Å². The molecule has 4 heteroatoms. The summed E-state index contributed by atoms with van der Waals surface area (Å²) in [5, 5.41) is 1.93. The molecule has 0 radical (unpaired) electrons. The molecule has 0 amide bonds. The number of nitrogens with zero attached hydrogens (tertiary/aromatic N) is 1. The Labute approximate surface area is 108 Å². The van der Waals surface area contributed by atoms with Gasteiger partial charge in [-0.05, 0) is 41.3 Å². The molecule has 0 spiro atoms. The summed E-state index contributed by atoms with van der Waals surface area (Å²) in [6.07, 6.45) is 7.42. The van der Waals surface area contributed by atoms with E-state index in [1.165, 1.54) is 30.6 Å². The van der Waals surface area contributed by atoms with Crippen molar-refractivity contribution in [1.29, 1.82) is 0 Å². The van der Waals surface area contributed by atoms with E-state index in [0.29, 0.717) is 0 Å². The lowest BCUT2D eigenvalue weighted by molar-refractivity contribution is 0.104. The molecule has 0 saturated carbocycles. The van der Waals surface area contributed by atoms with Crippen molar-refractivity contribution in [3.63, 3.8) is 0 Å². The number of carbonyl (C=O) groups is 1. The molecule has 0 atom stereocenters. The van der Waals surface area contributed by atoms with Gasteiger partial charge in [0.05, 0.1) is 4.88 Å². The molecule has 2 heterocycles. The van der Waals surface area contributed by atoms with Gasteiger partial charge < -0.3 is 4.90 Å². The number of rotatable bonds is 3. The van der Waals surface area contributed by atoms with Crippen LogP contribution in [0.5, 0.6) is 0 Å². The summed E-state index contributed by atoms with van der Waals surface area (Å²) in [7, 11) is 0. The van der Waals surface area contributed by atoms with Gasteiger partial charge in [0.25, 0.3) is 0 Å². The summed E-state index contributed by atoms with van der Waals surface area (Å²) in [6.45, 7) is 2.16. The van der Waals surface area contributed by atoms with Gasteiger partial charge in [-0.15, -0.1) is 11.3 Å². The van der Waals surface area contributed by atoms with Crippen LogP contribution in [0.15, 0.2) is 28.2 Å². The van der Waals surface area contributed by atoms with Gasteiger partial charge in [-0.25, -0.2) is 0 Å². The number of carbonyl (C=O) groups excluding carboxylic acids is 1. The maximum atomic E-state index is 11.8. The number of ketones is 1. The molecular formula is C12H14BrNOS. The van der Waals surface area contributed by atoms with Gasteiger partial charge in [-0.2, -0.15) is 0 Å². The predicted molar refractivity (Wildman–Crippen MR) is 70.9 cm³/mol. The number of halogens is 1. The largest absolute Gasteiger partial charge is 0.377 e. The van der Waals surface area contributed by atoms with Crippen molar-refractivity contribution in [1.82, 2.24) is 4.90 Å². The van der Waals surface area contributed by atoms with Crippen LogP contribution in [0, 0.1) is 0 Å². The second kappa shape index (κ2) is 5.64. The molecule has 1 aromatic heterocycles. The average molecular weight is 300 g/mol. The number of hydrogen-bond donors (Lipinski definition) is 0. The molecule has 1 aliphatic heterocycles. The van der Waals surface area contributed by atoms with Crippen LogP contribution in [0.25, 0.3) is 0 Å². The molecule has 16 heavy (non-hydrogen) atoms. The Morgan fingerprint density at radius 3 is 2.75 bits per heavy atom. The summed E-state index contributed by atoms with van der Waals surface area (Å²) in [5.41, 5.74) is 0. The Balaban J connectivity index is 1.93. The second-order valence-corrected chi connectivity index (χ2v) is 5.73. The molecule has 0 bridgehead atoms.